The van der Waals surface area contributed by atoms with Crippen LogP contribution < -0.4 is 0 Å². The zero-order chi connectivity index (χ0) is 12.3. The molecule has 0 atom stereocenters. The van der Waals surface area contributed by atoms with Crippen molar-refractivity contribution < 1.29 is 18.1 Å². The van der Waals surface area contributed by atoms with Crippen molar-refractivity contribution in [3.8, 4) is 6.07 Å². The smallest absolute Gasteiger partial charge is 0.258 e. The standard InChI is InChI=1S/C8H4F3N3O2/c9-8(10,11)5-3-7(14(15)16)6(1-2-12)13-4-5/h3-4H,1H2. The SMILES string of the molecule is N#CCc1ncc(C(F)(F)F)cc1[N+](=O)[O-]. The molecular weight excluding hydrogens is 227 g/mol. The zero-order valence-corrected chi connectivity index (χ0v) is 7.65. The molecule has 0 amide bonds. The largest absolute Gasteiger partial charge is 0.418 e. The summed E-state index contributed by atoms with van der Waals surface area (Å²) in [7, 11) is 0. The van der Waals surface area contributed by atoms with Gasteiger partial charge in [0.05, 0.1) is 23.0 Å². The molecule has 0 aliphatic rings. The van der Waals surface area contributed by atoms with Crippen LogP contribution in [0.25, 0.3) is 0 Å². The molecule has 0 unspecified atom stereocenters. The Morgan fingerprint density at radius 1 is 1.56 bits per heavy atom. The minimum absolute atomic E-state index is 0.277. The zero-order valence-electron chi connectivity index (χ0n) is 7.65. The molecule has 84 valence electrons. The first kappa shape index (κ1) is 11.9. The minimum Gasteiger partial charge on any atom is -0.258 e. The highest BCUT2D eigenvalue weighted by Crippen LogP contribution is 2.31. The number of nitrogens with zero attached hydrogens (tertiary/aromatic N) is 3. The minimum atomic E-state index is -4.69. The van der Waals surface area contributed by atoms with Crippen LogP contribution in [0.4, 0.5) is 18.9 Å². The normalized spacial score (nSPS) is 10.9. The van der Waals surface area contributed by atoms with Crippen molar-refractivity contribution in [2.45, 2.75) is 12.6 Å². The van der Waals surface area contributed by atoms with E-state index in [1.807, 2.05) is 0 Å². The Morgan fingerprint density at radius 3 is 2.62 bits per heavy atom. The lowest BCUT2D eigenvalue weighted by atomic mass is 10.2. The third-order valence-corrected chi connectivity index (χ3v) is 1.72. The molecule has 1 aromatic heterocycles. The van der Waals surface area contributed by atoms with E-state index in [2.05, 4.69) is 4.98 Å². The van der Waals surface area contributed by atoms with Crippen LogP contribution in [0.3, 0.4) is 0 Å². The van der Waals surface area contributed by atoms with E-state index in [9.17, 15) is 23.3 Å². The predicted octanol–water partition coefficient (Wildman–Crippen LogP) is 2.07. The molecule has 0 radical (unpaired) electrons. The summed E-state index contributed by atoms with van der Waals surface area (Å²) >= 11 is 0. The van der Waals surface area contributed by atoms with Crippen molar-refractivity contribution in [1.29, 1.82) is 5.26 Å². The average molecular weight is 231 g/mol. The first-order valence-corrected chi connectivity index (χ1v) is 3.93. The molecule has 0 bridgehead atoms. The Kier molecular flexibility index (Phi) is 3.08. The maximum absolute atomic E-state index is 12.2. The Bertz CT molecular complexity index is 465. The molecule has 16 heavy (non-hydrogen) atoms. The summed E-state index contributed by atoms with van der Waals surface area (Å²) in [5.41, 5.74) is -2.28. The van der Waals surface area contributed by atoms with Crippen LogP contribution in [0.15, 0.2) is 12.3 Å². The van der Waals surface area contributed by atoms with E-state index >= 15 is 0 Å². The molecular formula is C8H4F3N3O2. The fourth-order valence-corrected chi connectivity index (χ4v) is 1.01. The highest BCUT2D eigenvalue weighted by Gasteiger charge is 2.33. The molecule has 0 aliphatic heterocycles. The maximum Gasteiger partial charge on any atom is 0.418 e. The van der Waals surface area contributed by atoms with E-state index in [0.29, 0.717) is 12.3 Å². The summed E-state index contributed by atoms with van der Waals surface area (Å²) in [5.74, 6) is 0. The Labute approximate surface area is 87.3 Å². The lowest BCUT2D eigenvalue weighted by Gasteiger charge is -2.06. The summed E-state index contributed by atoms with van der Waals surface area (Å²) in [6.45, 7) is 0. The highest BCUT2D eigenvalue weighted by atomic mass is 19.4. The predicted molar refractivity (Wildman–Crippen MR) is 45.2 cm³/mol. The summed E-state index contributed by atoms with van der Waals surface area (Å²) < 4.78 is 36.7. The van der Waals surface area contributed by atoms with Gasteiger partial charge in [-0.15, -0.1) is 0 Å². The average Bonchev–Trinajstić information content (AvgIpc) is 2.16. The van der Waals surface area contributed by atoms with Crippen molar-refractivity contribution >= 4 is 5.69 Å². The molecule has 1 rings (SSSR count). The Hall–Kier alpha value is -2.17. The molecule has 5 nitrogen and oxygen atoms in total. The maximum atomic E-state index is 12.2. The number of nitro groups is 1. The molecule has 1 aromatic rings. The molecule has 0 spiro atoms. The molecule has 0 aromatic carbocycles. The molecule has 0 saturated heterocycles. The van der Waals surface area contributed by atoms with E-state index < -0.39 is 28.8 Å². The number of hydrogen-bond donors (Lipinski definition) is 0. The van der Waals surface area contributed by atoms with Crippen molar-refractivity contribution in [2.75, 3.05) is 0 Å². The monoisotopic (exact) mass is 231 g/mol. The van der Waals surface area contributed by atoms with Gasteiger partial charge in [0.2, 0.25) is 0 Å². The quantitative estimate of drug-likeness (QED) is 0.576. The van der Waals surface area contributed by atoms with Crippen molar-refractivity contribution in [3.05, 3.63) is 33.6 Å². The first-order chi connectivity index (χ1) is 7.36. The second kappa shape index (κ2) is 4.14. The van der Waals surface area contributed by atoms with Gasteiger partial charge in [0.15, 0.2) is 0 Å². The number of rotatable bonds is 2. The molecule has 1 heterocycles. The number of alkyl halides is 3. The van der Waals surface area contributed by atoms with Crippen molar-refractivity contribution in [3.63, 3.8) is 0 Å². The van der Waals surface area contributed by atoms with Crippen LogP contribution in [0.2, 0.25) is 0 Å². The van der Waals surface area contributed by atoms with Crippen LogP contribution in [0.5, 0.6) is 0 Å². The fourth-order valence-electron chi connectivity index (χ4n) is 1.01. The summed E-state index contributed by atoms with van der Waals surface area (Å²) in [6.07, 6.45) is -4.63. The van der Waals surface area contributed by atoms with Crippen LogP contribution >= 0.6 is 0 Å². The third-order valence-electron chi connectivity index (χ3n) is 1.72. The summed E-state index contributed by atoms with van der Waals surface area (Å²) in [5, 5.41) is 18.8. The van der Waals surface area contributed by atoms with E-state index in [0.717, 1.165) is 0 Å². The van der Waals surface area contributed by atoms with Crippen LogP contribution in [-0.4, -0.2) is 9.91 Å². The van der Waals surface area contributed by atoms with Gasteiger partial charge in [-0.2, -0.15) is 18.4 Å². The number of nitriles is 1. The van der Waals surface area contributed by atoms with Crippen LogP contribution in [0.1, 0.15) is 11.3 Å². The second-order valence-electron chi connectivity index (χ2n) is 2.78. The highest BCUT2D eigenvalue weighted by molar-refractivity contribution is 5.40. The van der Waals surface area contributed by atoms with Gasteiger partial charge in [0, 0.05) is 12.3 Å². The summed E-state index contributed by atoms with van der Waals surface area (Å²) in [4.78, 5) is 12.7. The van der Waals surface area contributed by atoms with Gasteiger partial charge in [0.1, 0.15) is 5.69 Å². The van der Waals surface area contributed by atoms with Gasteiger partial charge in [0.25, 0.3) is 5.69 Å². The third kappa shape index (κ3) is 2.44. The van der Waals surface area contributed by atoms with Gasteiger partial charge in [-0.1, -0.05) is 0 Å². The van der Waals surface area contributed by atoms with Crippen LogP contribution in [-0.2, 0) is 12.6 Å². The molecule has 0 fully saturated rings. The lowest BCUT2D eigenvalue weighted by molar-refractivity contribution is -0.386. The van der Waals surface area contributed by atoms with Crippen molar-refractivity contribution in [2.24, 2.45) is 0 Å². The molecule has 8 heteroatoms. The Morgan fingerprint density at radius 2 is 2.19 bits per heavy atom. The first-order valence-electron chi connectivity index (χ1n) is 3.93. The van der Waals surface area contributed by atoms with Gasteiger partial charge in [-0.25, -0.2) is 0 Å². The van der Waals surface area contributed by atoms with Gasteiger partial charge in [-0.05, 0) is 0 Å². The molecule has 0 aliphatic carbocycles. The van der Waals surface area contributed by atoms with Gasteiger partial charge in [-0.3, -0.25) is 15.1 Å². The molecule has 0 saturated carbocycles. The number of hydrogen-bond acceptors (Lipinski definition) is 4. The Balaban J connectivity index is 3.29. The summed E-state index contributed by atoms with van der Waals surface area (Å²) in [6, 6.07) is 1.96. The van der Waals surface area contributed by atoms with E-state index in [4.69, 9.17) is 5.26 Å². The topological polar surface area (TPSA) is 79.8 Å². The number of pyridine rings is 1. The molecule has 0 N–H and O–H groups in total. The van der Waals surface area contributed by atoms with Crippen molar-refractivity contribution in [1.82, 2.24) is 4.98 Å². The lowest BCUT2D eigenvalue weighted by Crippen LogP contribution is -2.08. The van der Waals surface area contributed by atoms with Gasteiger partial charge < -0.3 is 0 Å². The fraction of sp³-hybridized carbons (Fsp3) is 0.250. The second-order valence-corrected chi connectivity index (χ2v) is 2.78. The van der Waals surface area contributed by atoms with E-state index in [1.165, 1.54) is 0 Å². The van der Waals surface area contributed by atoms with E-state index in [-0.39, 0.29) is 5.69 Å². The van der Waals surface area contributed by atoms with E-state index in [1.54, 1.807) is 6.07 Å². The number of aromatic nitrogens is 1. The number of halogens is 3. The van der Waals surface area contributed by atoms with Gasteiger partial charge >= 0.3 is 6.18 Å². The van der Waals surface area contributed by atoms with Crippen LogP contribution in [0, 0.1) is 21.4 Å².